The number of hydrogen-bond donors (Lipinski definition) is 1. The number of fused-ring (bicyclic) bond motifs is 1. The number of methoxy groups -OCH3 is 1. The molecule has 7 heteroatoms. The van der Waals surface area contributed by atoms with Crippen molar-refractivity contribution in [2.45, 2.75) is 0 Å². The van der Waals surface area contributed by atoms with Gasteiger partial charge in [-0.15, -0.1) is 0 Å². The third-order valence-corrected chi connectivity index (χ3v) is 5.36. The Morgan fingerprint density at radius 1 is 1.44 bits per heavy atom. The van der Waals surface area contributed by atoms with Crippen molar-refractivity contribution in [2.24, 2.45) is 0 Å². The van der Waals surface area contributed by atoms with E-state index in [1.165, 1.54) is 7.11 Å². The Kier molecular flexibility index (Phi) is 3.18. The summed E-state index contributed by atoms with van der Waals surface area (Å²) >= 11 is 6.34. The summed E-state index contributed by atoms with van der Waals surface area (Å²) in [6.45, 7) is 0. The van der Waals surface area contributed by atoms with Crippen LogP contribution < -0.4 is 9.26 Å². The molecule has 1 aromatic carbocycles. The molecule has 1 aromatic rings. The number of hydrogen-bond acceptors (Lipinski definition) is 3. The first-order valence-electron chi connectivity index (χ1n) is 4.22. The molecule has 0 aromatic heterocycles. The van der Waals surface area contributed by atoms with Crippen molar-refractivity contribution in [3.63, 3.8) is 0 Å². The lowest BCUT2D eigenvalue weighted by Crippen LogP contribution is -2.00. The van der Waals surface area contributed by atoms with Crippen LogP contribution in [0.2, 0.25) is 0 Å². The predicted octanol–water partition coefficient (Wildman–Crippen LogP) is 3.73. The average Bonchev–Trinajstić information content (AvgIpc) is 2.20. The Morgan fingerprint density at radius 2 is 2.12 bits per heavy atom. The van der Waals surface area contributed by atoms with Crippen molar-refractivity contribution in [3.05, 3.63) is 26.4 Å². The van der Waals surface area contributed by atoms with Gasteiger partial charge in [-0.3, -0.25) is 0 Å². The average molecular weight is 370 g/mol. The zero-order valence-electron chi connectivity index (χ0n) is 8.11. The van der Waals surface area contributed by atoms with Gasteiger partial charge in [0.2, 0.25) is 0 Å². The SMILES string of the molecule is COc1cc2c(cc1Br)C=C(Br)P(=O)(O)O2. The van der Waals surface area contributed by atoms with Gasteiger partial charge in [-0.05, 0) is 44.0 Å². The van der Waals surface area contributed by atoms with Gasteiger partial charge in [0, 0.05) is 11.6 Å². The third kappa shape index (κ3) is 2.07. The van der Waals surface area contributed by atoms with Gasteiger partial charge in [0.15, 0.2) is 0 Å². The largest absolute Gasteiger partial charge is 0.495 e. The van der Waals surface area contributed by atoms with Gasteiger partial charge in [0.25, 0.3) is 0 Å². The minimum Gasteiger partial charge on any atom is -0.495 e. The molecule has 1 heterocycles. The Labute approximate surface area is 109 Å². The molecule has 1 unspecified atom stereocenters. The van der Waals surface area contributed by atoms with Gasteiger partial charge in [0.05, 0.1) is 11.6 Å². The highest BCUT2D eigenvalue weighted by Gasteiger charge is 2.31. The van der Waals surface area contributed by atoms with E-state index in [1.54, 1.807) is 18.2 Å². The van der Waals surface area contributed by atoms with Gasteiger partial charge < -0.3 is 14.2 Å². The summed E-state index contributed by atoms with van der Waals surface area (Å²) in [6, 6.07) is 3.33. The van der Waals surface area contributed by atoms with Crippen molar-refractivity contribution in [1.82, 2.24) is 0 Å². The molecule has 16 heavy (non-hydrogen) atoms. The van der Waals surface area contributed by atoms with E-state index in [1.807, 2.05) is 0 Å². The van der Waals surface area contributed by atoms with Crippen LogP contribution in [-0.2, 0) is 4.57 Å². The van der Waals surface area contributed by atoms with Crippen LogP contribution in [0.1, 0.15) is 5.56 Å². The van der Waals surface area contributed by atoms with Gasteiger partial charge in [-0.1, -0.05) is 0 Å². The smallest absolute Gasteiger partial charge is 0.415 e. The molecule has 1 aliphatic rings. The van der Waals surface area contributed by atoms with Crippen LogP contribution in [0, 0.1) is 0 Å². The molecular formula is C9H7Br2O4P. The second kappa shape index (κ2) is 4.18. The van der Waals surface area contributed by atoms with E-state index < -0.39 is 7.60 Å². The van der Waals surface area contributed by atoms with Gasteiger partial charge in [-0.25, -0.2) is 4.57 Å². The zero-order valence-corrected chi connectivity index (χ0v) is 12.2. The lowest BCUT2D eigenvalue weighted by atomic mass is 10.2. The Bertz CT molecular complexity index is 526. The number of benzene rings is 1. The van der Waals surface area contributed by atoms with E-state index in [4.69, 9.17) is 9.26 Å². The summed E-state index contributed by atoms with van der Waals surface area (Å²) in [5.41, 5.74) is 0.708. The molecule has 2 rings (SSSR count). The molecule has 0 saturated carbocycles. The van der Waals surface area contributed by atoms with Gasteiger partial charge in [-0.2, -0.15) is 0 Å². The third-order valence-electron chi connectivity index (χ3n) is 2.05. The van der Waals surface area contributed by atoms with Gasteiger partial charge in [0.1, 0.15) is 15.7 Å². The van der Waals surface area contributed by atoms with Crippen LogP contribution in [-0.4, -0.2) is 12.0 Å². The normalized spacial score (nSPS) is 23.1. The fourth-order valence-electron chi connectivity index (χ4n) is 1.29. The zero-order chi connectivity index (χ0) is 11.9. The fourth-order valence-corrected chi connectivity index (χ4v) is 3.09. The maximum absolute atomic E-state index is 11.6. The van der Waals surface area contributed by atoms with Crippen LogP contribution in [0.4, 0.5) is 0 Å². The second-order valence-electron chi connectivity index (χ2n) is 3.10. The summed E-state index contributed by atoms with van der Waals surface area (Å²) in [4.78, 5) is 9.49. The maximum Gasteiger partial charge on any atom is 0.415 e. The standard InChI is InChI=1S/C9H7Br2O4P/c1-14-8-4-7-5(2-6(8)10)3-9(11)16(12,13)15-7/h2-4H,1H3,(H,12,13). The molecule has 0 aliphatic carbocycles. The molecule has 1 atom stereocenters. The highest BCUT2D eigenvalue weighted by molar-refractivity contribution is 9.13. The summed E-state index contributed by atoms with van der Waals surface area (Å²) in [7, 11) is -2.24. The van der Waals surface area contributed by atoms with Crippen LogP contribution in [0.15, 0.2) is 20.8 Å². The van der Waals surface area contributed by atoms with Crippen LogP contribution in [0.3, 0.4) is 0 Å². The highest BCUT2D eigenvalue weighted by Crippen LogP contribution is 2.59. The van der Waals surface area contributed by atoms with E-state index in [9.17, 15) is 9.46 Å². The summed E-state index contributed by atoms with van der Waals surface area (Å²) < 4.78 is 22.6. The maximum atomic E-state index is 11.6. The molecule has 0 spiro atoms. The second-order valence-corrected chi connectivity index (χ2v) is 7.13. The lowest BCUT2D eigenvalue weighted by Gasteiger charge is -2.20. The molecule has 86 valence electrons. The van der Waals surface area contributed by atoms with E-state index in [2.05, 4.69) is 31.9 Å². The first kappa shape index (κ1) is 12.2. The highest BCUT2D eigenvalue weighted by atomic mass is 79.9. The van der Waals surface area contributed by atoms with Crippen molar-refractivity contribution in [2.75, 3.05) is 7.11 Å². The monoisotopic (exact) mass is 368 g/mol. The molecule has 0 radical (unpaired) electrons. The molecule has 0 bridgehead atoms. The lowest BCUT2D eigenvalue weighted by molar-refractivity contribution is 0.384. The predicted molar refractivity (Wildman–Crippen MR) is 68.1 cm³/mol. The first-order valence-corrected chi connectivity index (χ1v) is 7.38. The molecule has 1 aliphatic heterocycles. The summed E-state index contributed by atoms with van der Waals surface area (Å²) in [6.07, 6.45) is 1.56. The summed E-state index contributed by atoms with van der Waals surface area (Å²) in [5, 5.41) is 0. The van der Waals surface area contributed by atoms with Crippen LogP contribution in [0.25, 0.3) is 6.08 Å². The molecule has 4 nitrogen and oxygen atoms in total. The number of ether oxygens (including phenoxy) is 1. The van der Waals surface area contributed by atoms with Crippen molar-refractivity contribution >= 4 is 45.5 Å². The van der Waals surface area contributed by atoms with Crippen molar-refractivity contribution in [1.29, 1.82) is 0 Å². The first-order chi connectivity index (χ1) is 7.44. The fraction of sp³-hybridized carbons (Fsp3) is 0.111. The molecule has 0 fully saturated rings. The van der Waals surface area contributed by atoms with E-state index in [-0.39, 0.29) is 4.22 Å². The summed E-state index contributed by atoms with van der Waals surface area (Å²) in [5.74, 6) is 0.874. The van der Waals surface area contributed by atoms with Gasteiger partial charge >= 0.3 is 7.60 Å². The molecule has 0 saturated heterocycles. The number of rotatable bonds is 1. The van der Waals surface area contributed by atoms with Crippen LogP contribution in [0.5, 0.6) is 11.5 Å². The quantitative estimate of drug-likeness (QED) is 0.766. The van der Waals surface area contributed by atoms with Crippen molar-refractivity contribution in [3.8, 4) is 11.5 Å². The minimum atomic E-state index is -3.75. The van der Waals surface area contributed by atoms with Crippen LogP contribution >= 0.6 is 39.5 Å². The van der Waals surface area contributed by atoms with E-state index in [0.717, 1.165) is 4.47 Å². The topological polar surface area (TPSA) is 55.8 Å². The molecule has 0 amide bonds. The van der Waals surface area contributed by atoms with Crippen molar-refractivity contribution < 1.29 is 18.7 Å². The Morgan fingerprint density at radius 3 is 2.75 bits per heavy atom. The molecule has 1 N–H and O–H groups in total. The molecular weight excluding hydrogens is 363 g/mol. The Hall–Kier alpha value is -0.290. The Balaban J connectivity index is 2.60. The minimum absolute atomic E-state index is 0.143. The van der Waals surface area contributed by atoms with E-state index in [0.29, 0.717) is 17.1 Å². The number of halogens is 2. The van der Waals surface area contributed by atoms with E-state index >= 15 is 0 Å².